The van der Waals surface area contributed by atoms with Gasteiger partial charge in [0.2, 0.25) is 5.88 Å². The number of rotatable bonds is 7. The van der Waals surface area contributed by atoms with E-state index >= 15 is 0 Å². The van der Waals surface area contributed by atoms with Gasteiger partial charge in [-0.2, -0.15) is 0 Å². The minimum Gasteiger partial charge on any atom is -0.448 e. The molecule has 0 bridgehead atoms. The number of likely N-dealkylation sites (N-methyl/N-ethyl adjacent to an activating group) is 1. The van der Waals surface area contributed by atoms with E-state index in [1.165, 1.54) is 16.1 Å². The van der Waals surface area contributed by atoms with Gasteiger partial charge in [0, 0.05) is 50.3 Å². The van der Waals surface area contributed by atoms with Crippen molar-refractivity contribution < 1.29 is 23.5 Å². The normalized spacial score (nSPS) is 11.0. The second-order valence-corrected chi connectivity index (χ2v) is 10.0. The maximum absolute atomic E-state index is 13.2. The summed E-state index contributed by atoms with van der Waals surface area (Å²) in [6.07, 6.45) is 2.86. The number of furan rings is 1. The molecule has 0 saturated heterocycles. The Hall–Kier alpha value is -4.77. The number of ketones is 1. The molecule has 0 atom stereocenters. The number of nitrogens with zero attached hydrogens (tertiary/aromatic N) is 3. The van der Waals surface area contributed by atoms with Gasteiger partial charge < -0.3 is 14.1 Å². The van der Waals surface area contributed by atoms with Crippen molar-refractivity contribution in [3.8, 4) is 12.0 Å². The Kier molecular flexibility index (Phi) is 8.21. The van der Waals surface area contributed by atoms with Crippen LogP contribution in [0.15, 0.2) is 83.6 Å². The van der Waals surface area contributed by atoms with Gasteiger partial charge in [-0.1, -0.05) is 54.5 Å². The lowest BCUT2D eigenvalue weighted by molar-refractivity contribution is -0.125. The second kappa shape index (κ2) is 11.7. The van der Waals surface area contributed by atoms with Crippen molar-refractivity contribution in [2.75, 3.05) is 18.5 Å². The molecule has 0 spiro atoms. The van der Waals surface area contributed by atoms with Crippen molar-refractivity contribution in [3.05, 3.63) is 90.3 Å². The molecule has 0 saturated carbocycles. The lowest BCUT2D eigenvalue weighted by Crippen LogP contribution is -2.37. The van der Waals surface area contributed by atoms with Gasteiger partial charge in [-0.3, -0.25) is 14.2 Å². The maximum atomic E-state index is 13.2. The third-order valence-corrected chi connectivity index (χ3v) is 5.81. The van der Waals surface area contributed by atoms with Crippen molar-refractivity contribution in [1.29, 1.82) is 0 Å². The monoisotopic (exact) mass is 525 g/mol. The number of ether oxygens (including phenoxy) is 1. The van der Waals surface area contributed by atoms with E-state index in [0.717, 1.165) is 5.56 Å². The molecule has 0 fully saturated rings. The van der Waals surface area contributed by atoms with Crippen LogP contribution < -0.4 is 4.90 Å². The molecule has 2 aromatic carbocycles. The maximum Gasteiger partial charge on any atom is 0.417 e. The van der Waals surface area contributed by atoms with Crippen LogP contribution in [0.2, 0.25) is 0 Å². The smallest absolute Gasteiger partial charge is 0.417 e. The van der Waals surface area contributed by atoms with E-state index < -0.39 is 23.4 Å². The topological polar surface area (TPSA) is 85.0 Å². The first kappa shape index (κ1) is 27.3. The summed E-state index contributed by atoms with van der Waals surface area (Å²) in [6, 6.07) is 23.2. The molecule has 0 radical (unpaired) electrons. The first-order chi connectivity index (χ1) is 18.6. The number of carbonyl (C=O) groups excluding carboxylic acids is 3. The fraction of sp³-hybridized carbons (Fsp3) is 0.258. The van der Waals surface area contributed by atoms with Gasteiger partial charge in [0.1, 0.15) is 5.60 Å². The molecule has 0 aliphatic heterocycles. The Balaban J connectivity index is 1.51. The number of benzene rings is 2. The number of carbonyl (C=O) groups is 3. The summed E-state index contributed by atoms with van der Waals surface area (Å²) in [5.41, 5.74) is 1.27. The Morgan fingerprint density at radius 3 is 2.38 bits per heavy atom. The number of fused-ring (bicyclic) bond motifs is 1. The molecule has 2 amide bonds. The minimum absolute atomic E-state index is 0.239. The van der Waals surface area contributed by atoms with Crippen LogP contribution in [0.1, 0.15) is 43.1 Å². The summed E-state index contributed by atoms with van der Waals surface area (Å²) in [5, 5.41) is 0.643. The van der Waals surface area contributed by atoms with Gasteiger partial charge in [-0.05, 0) is 38.5 Å². The molecule has 4 aromatic rings. The number of para-hydroxylation sites is 1. The lowest BCUT2D eigenvalue weighted by atomic mass is 10.1. The van der Waals surface area contributed by atoms with Crippen LogP contribution >= 0.6 is 0 Å². The first-order valence-electron chi connectivity index (χ1n) is 12.6. The van der Waals surface area contributed by atoms with E-state index in [4.69, 9.17) is 9.15 Å². The molecule has 0 aliphatic rings. The Morgan fingerprint density at radius 1 is 0.974 bits per heavy atom. The number of hydrogen-bond donors (Lipinski definition) is 0. The average molecular weight is 526 g/mol. The van der Waals surface area contributed by atoms with Crippen molar-refractivity contribution in [2.24, 2.45) is 0 Å². The summed E-state index contributed by atoms with van der Waals surface area (Å²) in [4.78, 5) is 41.7. The predicted molar refractivity (Wildman–Crippen MR) is 149 cm³/mol. The van der Waals surface area contributed by atoms with Gasteiger partial charge in [0.25, 0.3) is 11.7 Å². The summed E-state index contributed by atoms with van der Waals surface area (Å²) < 4.78 is 12.6. The van der Waals surface area contributed by atoms with Crippen molar-refractivity contribution in [2.45, 2.75) is 39.3 Å². The number of hydrogen-bond acceptors (Lipinski definition) is 5. The van der Waals surface area contributed by atoms with Crippen molar-refractivity contribution in [3.63, 3.8) is 0 Å². The highest BCUT2D eigenvalue weighted by atomic mass is 16.6. The second-order valence-electron chi connectivity index (χ2n) is 10.0. The molecule has 2 aromatic heterocycles. The van der Waals surface area contributed by atoms with Gasteiger partial charge in [0.15, 0.2) is 0 Å². The standard InChI is InChI=1S/C31H31N3O5/c1-31(2,3)39-30(37)34(27-17-12-20-38-27)19-11-10-18-33-22-25(24-15-8-9-16-26(24)33)28(35)29(36)32(4)21-23-13-6-5-7-14-23/h5-9,12-17,20,22H,11,19,21H2,1-4H3. The molecule has 0 unspecified atom stereocenters. The van der Waals surface area contributed by atoms with Gasteiger partial charge >= 0.3 is 6.09 Å². The van der Waals surface area contributed by atoms with Crippen LogP contribution in [0.3, 0.4) is 0 Å². The summed E-state index contributed by atoms with van der Waals surface area (Å²) in [6.45, 7) is 5.96. The molecule has 0 N–H and O–H groups in total. The molecule has 39 heavy (non-hydrogen) atoms. The molecule has 8 nitrogen and oxygen atoms in total. The molecule has 0 aliphatic carbocycles. The van der Waals surface area contributed by atoms with Gasteiger partial charge in [0.05, 0.1) is 17.3 Å². The molecular formula is C31H31N3O5. The van der Waals surface area contributed by atoms with Crippen LogP contribution in [0.5, 0.6) is 0 Å². The number of Topliss-reactive ketones (excluding diaryl/α,β-unsaturated/α-hetero) is 1. The Labute approximate surface area is 227 Å². The van der Waals surface area contributed by atoms with E-state index in [1.54, 1.807) is 56.8 Å². The van der Waals surface area contributed by atoms with Crippen LogP contribution in [0.4, 0.5) is 10.7 Å². The fourth-order valence-electron chi connectivity index (χ4n) is 4.01. The molecule has 200 valence electrons. The zero-order valence-corrected chi connectivity index (χ0v) is 22.5. The van der Waals surface area contributed by atoms with E-state index in [-0.39, 0.29) is 12.1 Å². The van der Waals surface area contributed by atoms with Crippen LogP contribution in [0, 0.1) is 12.0 Å². The zero-order chi connectivity index (χ0) is 28.0. The van der Waals surface area contributed by atoms with Crippen LogP contribution in [-0.4, -0.2) is 46.4 Å². The zero-order valence-electron chi connectivity index (χ0n) is 22.5. The number of amides is 2. The van der Waals surface area contributed by atoms with Crippen molar-refractivity contribution in [1.82, 2.24) is 9.47 Å². The van der Waals surface area contributed by atoms with Crippen molar-refractivity contribution >= 4 is 34.6 Å². The first-order valence-corrected chi connectivity index (χ1v) is 12.6. The minimum atomic E-state index is -0.660. The number of aromatic nitrogens is 1. The molecule has 4 rings (SSSR count). The molecule has 8 heteroatoms. The fourth-order valence-corrected chi connectivity index (χ4v) is 4.01. The largest absolute Gasteiger partial charge is 0.448 e. The Morgan fingerprint density at radius 2 is 1.69 bits per heavy atom. The van der Waals surface area contributed by atoms with Gasteiger partial charge in [-0.15, -0.1) is 0 Å². The van der Waals surface area contributed by atoms with Crippen LogP contribution in [-0.2, 0) is 16.1 Å². The number of anilines is 1. The third-order valence-electron chi connectivity index (χ3n) is 5.81. The summed E-state index contributed by atoms with van der Waals surface area (Å²) in [5.74, 6) is 2.23. The van der Waals surface area contributed by atoms with Gasteiger partial charge in [-0.25, -0.2) is 9.69 Å². The highest BCUT2D eigenvalue weighted by Crippen LogP contribution is 2.22. The van der Waals surface area contributed by atoms with E-state index in [2.05, 4.69) is 12.0 Å². The van der Waals surface area contributed by atoms with E-state index in [1.807, 2.05) is 48.5 Å². The highest BCUT2D eigenvalue weighted by molar-refractivity contribution is 6.44. The molecular weight excluding hydrogens is 494 g/mol. The molecule has 2 heterocycles. The highest BCUT2D eigenvalue weighted by Gasteiger charge is 2.26. The lowest BCUT2D eigenvalue weighted by Gasteiger charge is -2.25. The van der Waals surface area contributed by atoms with E-state index in [9.17, 15) is 14.4 Å². The third kappa shape index (κ3) is 6.76. The summed E-state index contributed by atoms with van der Waals surface area (Å²) in [7, 11) is 1.61. The quantitative estimate of drug-likeness (QED) is 0.175. The average Bonchev–Trinajstić information content (AvgIpc) is 3.56. The summed E-state index contributed by atoms with van der Waals surface area (Å²) >= 11 is 0. The van der Waals surface area contributed by atoms with Crippen LogP contribution in [0.25, 0.3) is 10.9 Å². The Bertz CT molecular complexity index is 1520. The predicted octanol–water partition coefficient (Wildman–Crippen LogP) is 5.72. The SMILES string of the molecule is CN(Cc1ccccc1)C(=O)C(=O)c1cn(C#CCCN(C(=O)OC(C)(C)C)c2ccco2)c2ccccc12. The van der Waals surface area contributed by atoms with E-state index in [0.29, 0.717) is 29.8 Å².